The van der Waals surface area contributed by atoms with E-state index in [1.54, 1.807) is 20.8 Å². The van der Waals surface area contributed by atoms with Crippen molar-refractivity contribution in [1.82, 2.24) is 5.32 Å². The number of carbonyl (C=O) groups excluding carboxylic acids is 1. The van der Waals surface area contributed by atoms with Gasteiger partial charge in [0.2, 0.25) is 0 Å². The second kappa shape index (κ2) is 4.85. The van der Waals surface area contributed by atoms with Crippen molar-refractivity contribution in [3.8, 4) is 0 Å². The topological polar surface area (TPSA) is 70.9 Å². The van der Waals surface area contributed by atoms with E-state index < -0.39 is 11.7 Å². The molecule has 0 spiro atoms. The molecule has 6 heteroatoms. The summed E-state index contributed by atoms with van der Waals surface area (Å²) in [6.45, 7) is 5.40. The molecule has 1 atom stereocenters. The van der Waals surface area contributed by atoms with Crippen molar-refractivity contribution in [1.29, 1.82) is 0 Å². The second-order valence-electron chi connectivity index (χ2n) is 4.21. The van der Waals surface area contributed by atoms with E-state index in [1.807, 2.05) is 0 Å². The molecule has 0 saturated heterocycles. The van der Waals surface area contributed by atoms with Crippen LogP contribution in [-0.2, 0) is 4.74 Å². The molecule has 0 unspecified atom stereocenters. The van der Waals surface area contributed by atoms with Crippen molar-refractivity contribution in [3.63, 3.8) is 0 Å². The van der Waals surface area contributed by atoms with Crippen LogP contribution in [0.25, 0.3) is 0 Å². The number of amides is 1. The third kappa shape index (κ3) is 4.53. The summed E-state index contributed by atoms with van der Waals surface area (Å²) in [5, 5.41) is 11.9. The maximum absolute atomic E-state index is 11.3. The van der Waals surface area contributed by atoms with Crippen LogP contribution in [0, 0.1) is 0 Å². The molecule has 2 N–H and O–H groups in total. The Bertz CT molecular complexity index is 273. The zero-order valence-corrected chi connectivity index (χ0v) is 9.93. The first-order valence-electron chi connectivity index (χ1n) is 4.72. The van der Waals surface area contributed by atoms with Gasteiger partial charge in [-0.1, -0.05) is 11.8 Å². The summed E-state index contributed by atoms with van der Waals surface area (Å²) in [6, 6.07) is -0.111. The fourth-order valence-electron chi connectivity index (χ4n) is 0.968. The number of thioether (sulfide) groups is 1. The monoisotopic (exact) mass is 232 g/mol. The smallest absolute Gasteiger partial charge is 0.413 e. The number of hydrogen-bond donors (Lipinski definition) is 2. The van der Waals surface area contributed by atoms with Gasteiger partial charge in [0.05, 0.1) is 12.6 Å². The number of carbonyl (C=O) groups is 1. The minimum absolute atomic E-state index is 0.00645. The van der Waals surface area contributed by atoms with Crippen LogP contribution in [0.1, 0.15) is 20.8 Å². The van der Waals surface area contributed by atoms with Gasteiger partial charge in [-0.25, -0.2) is 4.79 Å². The molecule has 0 aromatic heterocycles. The Balaban J connectivity index is 2.39. The fraction of sp³-hybridized carbons (Fsp3) is 0.778. The molecular formula is C9H16N2O3S. The third-order valence-corrected chi connectivity index (χ3v) is 2.56. The molecule has 0 fully saturated rings. The summed E-state index contributed by atoms with van der Waals surface area (Å²) in [4.78, 5) is 15.4. The number of aliphatic imine (C=N–C) groups is 1. The lowest BCUT2D eigenvalue weighted by Gasteiger charge is -2.19. The number of nitrogens with zero attached hydrogens (tertiary/aromatic N) is 1. The molecule has 0 radical (unpaired) electrons. The highest BCUT2D eigenvalue weighted by Gasteiger charge is 2.22. The molecule has 15 heavy (non-hydrogen) atoms. The van der Waals surface area contributed by atoms with Crippen LogP contribution >= 0.6 is 11.8 Å². The maximum atomic E-state index is 11.3. The van der Waals surface area contributed by atoms with Gasteiger partial charge in [0.15, 0.2) is 5.17 Å². The molecule has 86 valence electrons. The Morgan fingerprint density at radius 3 is 2.87 bits per heavy atom. The summed E-state index contributed by atoms with van der Waals surface area (Å²) in [5.74, 6) is 0.696. The quantitative estimate of drug-likeness (QED) is 0.707. The molecular weight excluding hydrogens is 216 g/mol. The largest absolute Gasteiger partial charge is 0.444 e. The van der Waals surface area contributed by atoms with Crippen LogP contribution in [0.15, 0.2) is 4.99 Å². The predicted octanol–water partition coefficient (Wildman–Crippen LogP) is 0.975. The number of amidine groups is 1. The summed E-state index contributed by atoms with van der Waals surface area (Å²) in [7, 11) is 0. The summed E-state index contributed by atoms with van der Waals surface area (Å²) < 4.78 is 5.06. The average molecular weight is 232 g/mol. The number of hydrogen-bond acceptors (Lipinski definition) is 5. The van der Waals surface area contributed by atoms with Gasteiger partial charge in [0.25, 0.3) is 0 Å². The van der Waals surface area contributed by atoms with Crippen LogP contribution < -0.4 is 5.32 Å². The summed E-state index contributed by atoms with van der Waals surface area (Å²) >= 11 is 1.41. The highest BCUT2D eigenvalue weighted by Crippen LogP contribution is 2.16. The van der Waals surface area contributed by atoms with E-state index in [0.29, 0.717) is 10.9 Å². The predicted molar refractivity (Wildman–Crippen MR) is 60.1 cm³/mol. The van der Waals surface area contributed by atoms with E-state index in [-0.39, 0.29) is 12.6 Å². The molecule has 1 aliphatic heterocycles. The Kier molecular flexibility index (Phi) is 3.98. The lowest BCUT2D eigenvalue weighted by atomic mass is 10.2. The van der Waals surface area contributed by atoms with Gasteiger partial charge in [-0.3, -0.25) is 10.3 Å². The average Bonchev–Trinajstić information content (AvgIpc) is 2.48. The molecule has 0 saturated carbocycles. The number of rotatable bonds is 1. The van der Waals surface area contributed by atoms with Crippen LogP contribution in [0.4, 0.5) is 4.79 Å². The molecule has 1 aliphatic rings. The van der Waals surface area contributed by atoms with Gasteiger partial charge in [0.1, 0.15) is 5.60 Å². The van der Waals surface area contributed by atoms with Gasteiger partial charge in [-0.15, -0.1) is 0 Å². The maximum Gasteiger partial charge on any atom is 0.413 e. The lowest BCUT2D eigenvalue weighted by molar-refractivity contribution is 0.0564. The van der Waals surface area contributed by atoms with Crippen molar-refractivity contribution in [2.75, 3.05) is 12.4 Å². The van der Waals surface area contributed by atoms with Gasteiger partial charge in [0, 0.05) is 5.75 Å². The first-order chi connectivity index (χ1) is 6.90. The van der Waals surface area contributed by atoms with Crippen molar-refractivity contribution < 1.29 is 14.6 Å². The highest BCUT2D eigenvalue weighted by atomic mass is 32.2. The normalized spacial score (nSPS) is 21.1. The minimum atomic E-state index is -0.510. The van der Waals surface area contributed by atoms with Crippen molar-refractivity contribution >= 4 is 23.0 Å². The molecule has 1 amide bonds. The van der Waals surface area contributed by atoms with Crippen LogP contribution in [-0.4, -0.2) is 40.4 Å². The van der Waals surface area contributed by atoms with E-state index in [4.69, 9.17) is 9.84 Å². The standard InChI is InChI=1S/C9H16N2O3S/c1-9(2,3)14-8(13)11-7-10-6(4-12)5-15-7/h6,12H,4-5H2,1-3H3,(H,10,11,13)/t6-/m1/s1. The van der Waals surface area contributed by atoms with Crippen molar-refractivity contribution in [2.24, 2.45) is 4.99 Å². The van der Waals surface area contributed by atoms with Gasteiger partial charge in [-0.05, 0) is 20.8 Å². The molecule has 0 aromatic carbocycles. The third-order valence-electron chi connectivity index (χ3n) is 1.53. The summed E-state index contributed by atoms with van der Waals surface area (Å²) in [6.07, 6.45) is -0.507. The van der Waals surface area contributed by atoms with E-state index in [9.17, 15) is 4.79 Å². The molecule has 1 rings (SSSR count). The number of alkyl carbamates (subject to hydrolysis) is 1. The van der Waals surface area contributed by atoms with E-state index in [2.05, 4.69) is 10.3 Å². The van der Waals surface area contributed by atoms with Crippen molar-refractivity contribution in [3.05, 3.63) is 0 Å². The van der Waals surface area contributed by atoms with E-state index in [1.165, 1.54) is 11.8 Å². The first kappa shape index (κ1) is 12.3. The van der Waals surface area contributed by atoms with E-state index >= 15 is 0 Å². The minimum Gasteiger partial charge on any atom is -0.444 e. The Morgan fingerprint density at radius 1 is 1.73 bits per heavy atom. The second-order valence-corrected chi connectivity index (χ2v) is 5.22. The SMILES string of the molecule is CC(C)(C)OC(=O)NC1=N[C@H](CO)CS1. The van der Waals surface area contributed by atoms with Gasteiger partial charge >= 0.3 is 6.09 Å². The first-order valence-corrected chi connectivity index (χ1v) is 5.71. The van der Waals surface area contributed by atoms with Gasteiger partial charge in [-0.2, -0.15) is 0 Å². The number of aliphatic hydroxyl groups is 1. The molecule has 0 bridgehead atoms. The molecule has 0 aliphatic carbocycles. The summed E-state index contributed by atoms with van der Waals surface area (Å²) in [5.41, 5.74) is -0.510. The fourth-order valence-corrected chi connectivity index (χ4v) is 1.88. The Morgan fingerprint density at radius 2 is 2.40 bits per heavy atom. The number of ether oxygens (including phenoxy) is 1. The number of aliphatic hydroxyl groups excluding tert-OH is 1. The van der Waals surface area contributed by atoms with Crippen LogP contribution in [0.3, 0.4) is 0 Å². The molecule has 5 nitrogen and oxygen atoms in total. The van der Waals surface area contributed by atoms with Crippen molar-refractivity contribution in [2.45, 2.75) is 32.4 Å². The van der Waals surface area contributed by atoms with E-state index in [0.717, 1.165) is 0 Å². The molecule has 0 aromatic rings. The molecule has 1 heterocycles. The Hall–Kier alpha value is -0.750. The van der Waals surface area contributed by atoms with Crippen LogP contribution in [0.5, 0.6) is 0 Å². The lowest BCUT2D eigenvalue weighted by Crippen LogP contribution is -2.34. The highest BCUT2D eigenvalue weighted by molar-refractivity contribution is 8.14. The number of nitrogens with one attached hydrogen (secondary N) is 1. The van der Waals surface area contributed by atoms with Crippen LogP contribution in [0.2, 0.25) is 0 Å². The Labute approximate surface area is 93.3 Å². The zero-order chi connectivity index (χ0) is 11.5. The zero-order valence-electron chi connectivity index (χ0n) is 9.11. The van der Waals surface area contributed by atoms with Gasteiger partial charge < -0.3 is 9.84 Å².